The van der Waals surface area contributed by atoms with Gasteiger partial charge in [0.25, 0.3) is 5.91 Å². The van der Waals surface area contributed by atoms with Gasteiger partial charge in [-0.2, -0.15) is 0 Å². The van der Waals surface area contributed by atoms with Crippen molar-refractivity contribution in [2.45, 2.75) is 40.0 Å². The van der Waals surface area contributed by atoms with Crippen molar-refractivity contribution in [3.63, 3.8) is 0 Å². The van der Waals surface area contributed by atoms with Crippen molar-refractivity contribution < 1.29 is 9.59 Å². The molecule has 146 valence electrons. The monoisotopic (exact) mass is 401 g/mol. The summed E-state index contributed by atoms with van der Waals surface area (Å²) in [6.07, 6.45) is 2.66. The molecule has 0 aromatic heterocycles. The van der Waals surface area contributed by atoms with Gasteiger partial charge in [-0.15, -0.1) is 12.4 Å². The molecule has 0 aliphatic carbocycles. The second-order valence-corrected chi connectivity index (χ2v) is 8.31. The van der Waals surface area contributed by atoms with E-state index in [0.717, 1.165) is 25.9 Å². The Labute approximate surface area is 167 Å². The van der Waals surface area contributed by atoms with Crippen LogP contribution < -0.4 is 16.0 Å². The molecule has 1 aliphatic heterocycles. The van der Waals surface area contributed by atoms with Crippen LogP contribution in [0.25, 0.3) is 0 Å². The van der Waals surface area contributed by atoms with Gasteiger partial charge in [0.15, 0.2) is 0 Å². The molecule has 7 heteroatoms. The van der Waals surface area contributed by atoms with Gasteiger partial charge < -0.3 is 16.0 Å². The summed E-state index contributed by atoms with van der Waals surface area (Å²) >= 11 is 6.17. The number of carbonyl (C=O) groups is 2. The second-order valence-electron chi connectivity index (χ2n) is 7.90. The van der Waals surface area contributed by atoms with Gasteiger partial charge in [0.2, 0.25) is 5.91 Å². The van der Waals surface area contributed by atoms with Crippen LogP contribution in [0.4, 0.5) is 5.69 Å². The summed E-state index contributed by atoms with van der Waals surface area (Å²) in [5, 5.41) is 9.51. The first kappa shape index (κ1) is 22.7. The summed E-state index contributed by atoms with van der Waals surface area (Å²) in [6.45, 7) is 8.63. The molecule has 0 spiro atoms. The Hall–Kier alpha value is -1.30. The Kier molecular flexibility index (Phi) is 8.87. The predicted octanol–water partition coefficient (Wildman–Crippen LogP) is 3.87. The van der Waals surface area contributed by atoms with Crippen molar-refractivity contribution in [1.82, 2.24) is 10.6 Å². The number of hydrogen-bond donors (Lipinski definition) is 3. The number of anilines is 1. The number of carbonyl (C=O) groups excluding carboxylic acids is 2. The van der Waals surface area contributed by atoms with Crippen LogP contribution in [-0.4, -0.2) is 31.4 Å². The van der Waals surface area contributed by atoms with Crippen LogP contribution in [-0.2, 0) is 4.79 Å². The molecule has 1 aromatic rings. The maximum absolute atomic E-state index is 12.4. The van der Waals surface area contributed by atoms with E-state index >= 15 is 0 Å². The van der Waals surface area contributed by atoms with E-state index < -0.39 is 0 Å². The van der Waals surface area contributed by atoms with Gasteiger partial charge in [-0.3, -0.25) is 9.59 Å². The van der Waals surface area contributed by atoms with Crippen molar-refractivity contribution in [2.75, 3.05) is 25.0 Å². The Bertz CT molecular complexity index is 624. The van der Waals surface area contributed by atoms with E-state index in [1.165, 1.54) is 0 Å². The molecular weight excluding hydrogens is 373 g/mol. The smallest absolute Gasteiger partial charge is 0.252 e. The highest BCUT2D eigenvalue weighted by atomic mass is 35.5. The van der Waals surface area contributed by atoms with Crippen LogP contribution in [0.1, 0.15) is 50.4 Å². The molecule has 2 amide bonds. The van der Waals surface area contributed by atoms with Gasteiger partial charge in [0.05, 0.1) is 10.6 Å². The number of piperidine rings is 1. The summed E-state index contributed by atoms with van der Waals surface area (Å²) in [6, 6.07) is 4.99. The molecular formula is C19H29Cl2N3O2. The fraction of sp³-hybridized carbons (Fsp3) is 0.579. The number of amides is 2. The second kappa shape index (κ2) is 10.1. The molecule has 2 rings (SSSR count). The minimum absolute atomic E-state index is 0. The quantitative estimate of drug-likeness (QED) is 0.701. The van der Waals surface area contributed by atoms with Crippen LogP contribution in [0.5, 0.6) is 0 Å². The van der Waals surface area contributed by atoms with E-state index in [1.807, 2.05) is 20.8 Å². The number of halogens is 2. The normalized spacial score (nSPS) is 17.2. The zero-order valence-corrected chi connectivity index (χ0v) is 17.2. The molecule has 0 radical (unpaired) electrons. The van der Waals surface area contributed by atoms with E-state index in [-0.39, 0.29) is 29.6 Å². The lowest BCUT2D eigenvalue weighted by atomic mass is 9.92. The lowest BCUT2D eigenvalue weighted by Crippen LogP contribution is -2.38. The van der Waals surface area contributed by atoms with Gasteiger partial charge in [-0.05, 0) is 55.5 Å². The molecule has 1 aliphatic rings. The minimum Gasteiger partial charge on any atom is -0.352 e. The van der Waals surface area contributed by atoms with Crippen molar-refractivity contribution in [3.8, 4) is 0 Å². The highest BCUT2D eigenvalue weighted by molar-refractivity contribution is 6.34. The fourth-order valence-corrected chi connectivity index (χ4v) is 3.10. The van der Waals surface area contributed by atoms with Gasteiger partial charge >= 0.3 is 0 Å². The molecule has 3 N–H and O–H groups in total. The topological polar surface area (TPSA) is 70.2 Å². The van der Waals surface area contributed by atoms with E-state index in [2.05, 4.69) is 16.0 Å². The molecule has 1 saturated heterocycles. The molecule has 26 heavy (non-hydrogen) atoms. The summed E-state index contributed by atoms with van der Waals surface area (Å²) in [4.78, 5) is 24.5. The summed E-state index contributed by atoms with van der Waals surface area (Å²) in [7, 11) is 0. The summed E-state index contributed by atoms with van der Waals surface area (Å²) in [5.74, 6) is 0.170. The Morgan fingerprint density at radius 2 is 2.04 bits per heavy atom. The Morgan fingerprint density at radius 3 is 2.65 bits per heavy atom. The summed E-state index contributed by atoms with van der Waals surface area (Å²) in [5.41, 5.74) is 0.882. The molecule has 5 nitrogen and oxygen atoms in total. The highest BCUT2D eigenvalue weighted by Crippen LogP contribution is 2.23. The lowest BCUT2D eigenvalue weighted by Gasteiger charge is -2.23. The van der Waals surface area contributed by atoms with E-state index in [1.54, 1.807) is 18.2 Å². The fourth-order valence-electron chi connectivity index (χ4n) is 2.89. The molecule has 1 fully saturated rings. The van der Waals surface area contributed by atoms with E-state index in [0.29, 0.717) is 35.2 Å². The van der Waals surface area contributed by atoms with Crippen molar-refractivity contribution in [1.29, 1.82) is 0 Å². The first-order valence-electron chi connectivity index (χ1n) is 8.83. The average Bonchev–Trinajstić information content (AvgIpc) is 2.53. The van der Waals surface area contributed by atoms with E-state index in [4.69, 9.17) is 11.6 Å². The third-order valence-corrected chi connectivity index (χ3v) is 4.47. The molecule has 1 unspecified atom stereocenters. The number of benzene rings is 1. The van der Waals surface area contributed by atoms with Crippen LogP contribution in [0.2, 0.25) is 5.02 Å². The highest BCUT2D eigenvalue weighted by Gasteiger charge is 2.18. The van der Waals surface area contributed by atoms with E-state index in [9.17, 15) is 9.59 Å². The third kappa shape index (κ3) is 7.52. The van der Waals surface area contributed by atoms with Crippen LogP contribution in [0.3, 0.4) is 0 Å². The zero-order chi connectivity index (χ0) is 18.4. The molecule has 1 atom stereocenters. The van der Waals surface area contributed by atoms with Crippen molar-refractivity contribution >= 4 is 41.5 Å². The number of rotatable bonds is 5. The third-order valence-electron chi connectivity index (χ3n) is 4.14. The lowest BCUT2D eigenvalue weighted by molar-refractivity contribution is -0.117. The first-order chi connectivity index (χ1) is 11.7. The Balaban J connectivity index is 0.00000338. The molecule has 1 heterocycles. The number of nitrogens with one attached hydrogen (secondary N) is 3. The maximum Gasteiger partial charge on any atom is 0.252 e. The van der Waals surface area contributed by atoms with Crippen LogP contribution >= 0.6 is 24.0 Å². The SMILES string of the molecule is CC(C)(C)CC(=O)Nc1ccc(Cl)c(C(=O)NCC2CCCNC2)c1.Cl. The molecule has 0 bridgehead atoms. The first-order valence-corrected chi connectivity index (χ1v) is 9.21. The van der Waals surface area contributed by atoms with Crippen molar-refractivity contribution in [2.24, 2.45) is 11.3 Å². The largest absolute Gasteiger partial charge is 0.352 e. The molecule has 0 saturated carbocycles. The van der Waals surface area contributed by atoms with Crippen molar-refractivity contribution in [3.05, 3.63) is 28.8 Å². The zero-order valence-electron chi connectivity index (χ0n) is 15.7. The minimum atomic E-state index is -0.206. The maximum atomic E-state index is 12.4. The molecule has 1 aromatic carbocycles. The summed E-state index contributed by atoms with van der Waals surface area (Å²) < 4.78 is 0. The average molecular weight is 402 g/mol. The van der Waals surface area contributed by atoms with Gasteiger partial charge in [0, 0.05) is 18.7 Å². The standard InChI is InChI=1S/C19H28ClN3O2.ClH/c1-19(2,3)10-17(24)23-14-6-7-16(20)15(9-14)18(25)22-12-13-5-4-8-21-11-13;/h6-7,9,13,21H,4-5,8,10-12H2,1-3H3,(H,22,25)(H,23,24);1H. The van der Waals surface area contributed by atoms with Crippen LogP contribution in [0.15, 0.2) is 18.2 Å². The van der Waals surface area contributed by atoms with Gasteiger partial charge in [-0.1, -0.05) is 32.4 Å². The predicted molar refractivity (Wildman–Crippen MR) is 109 cm³/mol. The number of hydrogen-bond acceptors (Lipinski definition) is 3. The van der Waals surface area contributed by atoms with Gasteiger partial charge in [0.1, 0.15) is 0 Å². The Morgan fingerprint density at radius 1 is 1.31 bits per heavy atom. The van der Waals surface area contributed by atoms with Gasteiger partial charge in [-0.25, -0.2) is 0 Å². The van der Waals surface area contributed by atoms with Crippen LogP contribution in [0, 0.1) is 11.3 Å².